The molecule has 0 atom stereocenters. The Balaban J connectivity index is 1.59. The van der Waals surface area contributed by atoms with E-state index in [2.05, 4.69) is 15.3 Å². The van der Waals surface area contributed by atoms with E-state index in [4.69, 9.17) is 0 Å². The highest BCUT2D eigenvalue weighted by atomic mass is 19.1. The van der Waals surface area contributed by atoms with Crippen LogP contribution in [0.5, 0.6) is 0 Å². The topological polar surface area (TPSA) is 74.8 Å². The Bertz CT molecular complexity index is 918. The van der Waals surface area contributed by atoms with Crippen LogP contribution < -0.4 is 10.9 Å². The van der Waals surface area contributed by atoms with Gasteiger partial charge in [-0.05, 0) is 35.4 Å². The summed E-state index contributed by atoms with van der Waals surface area (Å²) in [6.45, 7) is 0.384. The van der Waals surface area contributed by atoms with E-state index in [9.17, 15) is 14.0 Å². The first-order chi connectivity index (χ1) is 12.1. The zero-order valence-corrected chi connectivity index (χ0v) is 13.3. The molecule has 126 valence electrons. The lowest BCUT2D eigenvalue weighted by Gasteiger charge is -2.06. The lowest BCUT2D eigenvalue weighted by molar-refractivity contribution is 0.0954. The molecule has 0 saturated carbocycles. The molecule has 2 N–H and O–H groups in total. The van der Waals surface area contributed by atoms with E-state index in [1.807, 2.05) is 12.1 Å². The molecule has 5 nitrogen and oxygen atoms in total. The van der Waals surface area contributed by atoms with Crippen LogP contribution in [0.25, 0.3) is 11.1 Å². The molecule has 2 aromatic carbocycles. The van der Waals surface area contributed by atoms with Crippen molar-refractivity contribution in [2.45, 2.75) is 6.42 Å². The summed E-state index contributed by atoms with van der Waals surface area (Å²) in [5.41, 5.74) is 2.73. The molecule has 1 amide bonds. The van der Waals surface area contributed by atoms with Gasteiger partial charge in [-0.3, -0.25) is 9.59 Å². The number of aromatic amines is 1. The maximum Gasteiger partial charge on any atom is 0.251 e. The molecule has 0 aliphatic rings. The number of amides is 1. The Morgan fingerprint density at radius 2 is 1.68 bits per heavy atom. The number of halogens is 1. The van der Waals surface area contributed by atoms with E-state index in [0.29, 0.717) is 24.2 Å². The standard InChI is InChI=1S/C19H16FN3O2/c20-16-7-5-14(6-8-16)13-1-3-15(4-2-13)19(25)21-10-9-17-11-18(24)23-12-22-17/h1-8,11-12H,9-10H2,(H,21,25)(H,22,23,24). The van der Waals surface area contributed by atoms with Crippen LogP contribution in [-0.2, 0) is 6.42 Å². The average molecular weight is 337 g/mol. The van der Waals surface area contributed by atoms with Crippen LogP contribution in [0.15, 0.2) is 65.7 Å². The summed E-state index contributed by atoms with van der Waals surface area (Å²) in [5.74, 6) is -0.481. The molecule has 3 rings (SSSR count). The smallest absolute Gasteiger partial charge is 0.251 e. The highest BCUT2D eigenvalue weighted by molar-refractivity contribution is 5.94. The van der Waals surface area contributed by atoms with Crippen molar-refractivity contribution < 1.29 is 9.18 Å². The van der Waals surface area contributed by atoms with E-state index in [1.54, 1.807) is 24.3 Å². The van der Waals surface area contributed by atoms with Crippen molar-refractivity contribution in [3.05, 3.63) is 88.4 Å². The molecular formula is C19H16FN3O2. The fourth-order valence-electron chi connectivity index (χ4n) is 2.41. The largest absolute Gasteiger partial charge is 0.352 e. The van der Waals surface area contributed by atoms with Crippen LogP contribution in [0.2, 0.25) is 0 Å². The molecule has 0 spiro atoms. The Hall–Kier alpha value is -3.28. The Morgan fingerprint density at radius 1 is 1.04 bits per heavy atom. The maximum absolute atomic E-state index is 13.0. The van der Waals surface area contributed by atoms with Gasteiger partial charge in [-0.25, -0.2) is 9.37 Å². The first kappa shape index (κ1) is 16.6. The summed E-state index contributed by atoms with van der Waals surface area (Å²) in [4.78, 5) is 29.8. The van der Waals surface area contributed by atoms with Gasteiger partial charge in [-0.2, -0.15) is 0 Å². The average Bonchev–Trinajstić information content (AvgIpc) is 2.62. The van der Waals surface area contributed by atoms with E-state index < -0.39 is 0 Å². The fourth-order valence-corrected chi connectivity index (χ4v) is 2.41. The predicted octanol–water partition coefficient (Wildman–Crippen LogP) is 2.55. The van der Waals surface area contributed by atoms with Gasteiger partial charge in [-0.1, -0.05) is 24.3 Å². The number of H-pyrrole nitrogens is 1. The molecular weight excluding hydrogens is 321 g/mol. The van der Waals surface area contributed by atoms with Crippen LogP contribution in [0.3, 0.4) is 0 Å². The molecule has 0 unspecified atom stereocenters. The number of carbonyl (C=O) groups is 1. The highest BCUT2D eigenvalue weighted by Crippen LogP contribution is 2.20. The molecule has 0 saturated heterocycles. The first-order valence-electron chi connectivity index (χ1n) is 7.79. The molecule has 0 fully saturated rings. The third-order valence-electron chi connectivity index (χ3n) is 3.73. The van der Waals surface area contributed by atoms with Gasteiger partial charge in [0.15, 0.2) is 0 Å². The van der Waals surface area contributed by atoms with Crippen molar-refractivity contribution in [1.82, 2.24) is 15.3 Å². The van der Waals surface area contributed by atoms with Crippen LogP contribution in [0.1, 0.15) is 16.1 Å². The van der Waals surface area contributed by atoms with Gasteiger partial charge in [0.05, 0.1) is 6.33 Å². The second-order valence-corrected chi connectivity index (χ2v) is 5.49. The van der Waals surface area contributed by atoms with Gasteiger partial charge in [-0.15, -0.1) is 0 Å². The maximum atomic E-state index is 13.0. The second-order valence-electron chi connectivity index (χ2n) is 5.49. The number of rotatable bonds is 5. The van der Waals surface area contributed by atoms with Gasteiger partial charge in [0.1, 0.15) is 5.82 Å². The minimum atomic E-state index is -0.283. The lowest BCUT2D eigenvalue weighted by atomic mass is 10.0. The van der Waals surface area contributed by atoms with Crippen molar-refractivity contribution >= 4 is 5.91 Å². The number of nitrogens with zero attached hydrogens (tertiary/aromatic N) is 1. The summed E-state index contributed by atoms with van der Waals surface area (Å²) in [7, 11) is 0. The van der Waals surface area contributed by atoms with E-state index in [0.717, 1.165) is 11.1 Å². The highest BCUT2D eigenvalue weighted by Gasteiger charge is 2.06. The molecule has 6 heteroatoms. The first-order valence-corrected chi connectivity index (χ1v) is 7.79. The van der Waals surface area contributed by atoms with Gasteiger partial charge in [0.25, 0.3) is 11.5 Å². The fraction of sp³-hybridized carbons (Fsp3) is 0.105. The Labute approximate surface area is 143 Å². The van der Waals surface area contributed by atoms with E-state index >= 15 is 0 Å². The van der Waals surface area contributed by atoms with Crippen LogP contribution in [0.4, 0.5) is 4.39 Å². The second kappa shape index (κ2) is 7.53. The molecule has 1 aromatic heterocycles. The summed E-state index contributed by atoms with van der Waals surface area (Å²) in [6.07, 6.45) is 1.82. The Kier molecular flexibility index (Phi) is 4.99. The van der Waals surface area contributed by atoms with Gasteiger partial charge < -0.3 is 10.3 Å². The monoisotopic (exact) mass is 337 g/mol. The van der Waals surface area contributed by atoms with Crippen molar-refractivity contribution in [2.75, 3.05) is 6.54 Å². The number of carbonyl (C=O) groups excluding carboxylic acids is 1. The summed E-state index contributed by atoms with van der Waals surface area (Å²) in [5, 5.41) is 2.79. The van der Waals surface area contributed by atoms with E-state index in [-0.39, 0.29) is 17.3 Å². The van der Waals surface area contributed by atoms with Crippen LogP contribution in [-0.4, -0.2) is 22.4 Å². The zero-order chi connectivity index (χ0) is 17.6. The van der Waals surface area contributed by atoms with Crippen molar-refractivity contribution in [1.29, 1.82) is 0 Å². The van der Waals surface area contributed by atoms with Crippen LogP contribution >= 0.6 is 0 Å². The Morgan fingerprint density at radius 3 is 2.32 bits per heavy atom. The number of hydrogen-bond donors (Lipinski definition) is 2. The predicted molar refractivity (Wildman–Crippen MR) is 92.7 cm³/mol. The number of nitrogens with one attached hydrogen (secondary N) is 2. The zero-order valence-electron chi connectivity index (χ0n) is 13.3. The quantitative estimate of drug-likeness (QED) is 0.751. The van der Waals surface area contributed by atoms with Crippen molar-refractivity contribution in [3.8, 4) is 11.1 Å². The molecule has 0 radical (unpaired) electrons. The minimum Gasteiger partial charge on any atom is -0.352 e. The molecule has 0 aliphatic carbocycles. The summed E-state index contributed by atoms with van der Waals surface area (Å²) < 4.78 is 13.0. The van der Waals surface area contributed by atoms with Crippen molar-refractivity contribution in [2.24, 2.45) is 0 Å². The number of aromatic nitrogens is 2. The summed E-state index contributed by atoms with van der Waals surface area (Å²) in [6, 6.07) is 14.7. The molecule has 0 aliphatic heterocycles. The molecule has 3 aromatic rings. The van der Waals surface area contributed by atoms with Crippen LogP contribution in [0, 0.1) is 5.82 Å². The third-order valence-corrected chi connectivity index (χ3v) is 3.73. The third kappa shape index (κ3) is 4.38. The molecule has 0 bridgehead atoms. The lowest BCUT2D eigenvalue weighted by Crippen LogP contribution is -2.26. The SMILES string of the molecule is O=C(NCCc1cc(=O)[nH]cn1)c1ccc(-c2ccc(F)cc2)cc1. The minimum absolute atomic E-state index is 0.199. The number of benzene rings is 2. The van der Waals surface area contributed by atoms with Gasteiger partial charge >= 0.3 is 0 Å². The summed E-state index contributed by atoms with van der Waals surface area (Å²) >= 11 is 0. The van der Waals surface area contributed by atoms with Crippen molar-refractivity contribution in [3.63, 3.8) is 0 Å². The normalized spacial score (nSPS) is 10.4. The molecule has 1 heterocycles. The number of hydrogen-bond acceptors (Lipinski definition) is 3. The van der Waals surface area contributed by atoms with E-state index in [1.165, 1.54) is 24.5 Å². The van der Waals surface area contributed by atoms with Gasteiger partial charge in [0, 0.05) is 30.3 Å². The molecule has 25 heavy (non-hydrogen) atoms. The van der Waals surface area contributed by atoms with Gasteiger partial charge in [0.2, 0.25) is 0 Å².